The highest BCUT2D eigenvalue weighted by atomic mass is 35.5. The van der Waals surface area contributed by atoms with Crippen molar-refractivity contribution < 1.29 is 0 Å². The number of rotatable bonds is 4. The summed E-state index contributed by atoms with van der Waals surface area (Å²) >= 11 is 11.3. The van der Waals surface area contributed by atoms with E-state index in [0.29, 0.717) is 22.8 Å². The van der Waals surface area contributed by atoms with Gasteiger partial charge in [0.25, 0.3) is 0 Å². The molecule has 0 saturated carbocycles. The summed E-state index contributed by atoms with van der Waals surface area (Å²) in [6, 6.07) is 15.6. The van der Waals surface area contributed by atoms with Gasteiger partial charge < -0.3 is 0 Å². The van der Waals surface area contributed by atoms with E-state index < -0.39 is 0 Å². The Morgan fingerprint density at radius 1 is 0.920 bits per heavy atom. The molecular formula is C20H19ClN2OS. The van der Waals surface area contributed by atoms with Crippen molar-refractivity contribution in [2.45, 2.75) is 26.9 Å². The predicted octanol–water partition coefficient (Wildman–Crippen LogP) is 4.75. The number of aryl methyl sites for hydroxylation is 2. The molecule has 0 amide bonds. The van der Waals surface area contributed by atoms with Crippen molar-refractivity contribution >= 4 is 23.8 Å². The van der Waals surface area contributed by atoms with E-state index in [1.165, 1.54) is 11.1 Å². The molecule has 0 saturated heterocycles. The average Bonchev–Trinajstić information content (AvgIpc) is 2.55. The molecule has 0 radical (unpaired) electrons. The van der Waals surface area contributed by atoms with Gasteiger partial charge in [0, 0.05) is 11.2 Å². The van der Waals surface area contributed by atoms with Crippen molar-refractivity contribution in [2.75, 3.05) is 0 Å². The normalized spacial score (nSPS) is 10.8. The van der Waals surface area contributed by atoms with Crippen LogP contribution in [0, 0.1) is 18.5 Å². The molecule has 0 atom stereocenters. The molecule has 3 nitrogen and oxygen atoms in total. The van der Waals surface area contributed by atoms with Crippen LogP contribution in [0.25, 0.3) is 0 Å². The van der Waals surface area contributed by atoms with E-state index in [0.717, 1.165) is 11.1 Å². The highest BCUT2D eigenvalue weighted by molar-refractivity contribution is 7.71. The van der Waals surface area contributed by atoms with Crippen LogP contribution in [0.3, 0.4) is 0 Å². The van der Waals surface area contributed by atoms with Crippen LogP contribution in [0.5, 0.6) is 0 Å². The second kappa shape index (κ2) is 7.38. The third-order valence-electron chi connectivity index (χ3n) is 4.03. The topological polar surface area (TPSA) is 26.9 Å². The molecule has 0 unspecified atom stereocenters. The number of nitrogens with zero attached hydrogens (tertiary/aromatic N) is 2. The second-order valence-electron chi connectivity index (χ2n) is 6.27. The van der Waals surface area contributed by atoms with Crippen LogP contribution in [0.4, 0.5) is 0 Å². The SMILES string of the molecule is Cc1cc(C)cc(Cn2c(=S)ccn(Cc3ccc(Cl)cc3)c2=O)c1. The molecule has 3 rings (SSSR count). The number of halogens is 1. The van der Waals surface area contributed by atoms with Gasteiger partial charge in [-0.1, -0.05) is 65.3 Å². The molecule has 0 spiro atoms. The standard InChI is InChI=1S/C20H19ClN2OS/c1-14-9-15(2)11-17(10-14)13-23-19(25)7-8-22(20(23)24)12-16-3-5-18(21)6-4-16/h3-11H,12-13H2,1-2H3. The molecular weight excluding hydrogens is 352 g/mol. The van der Waals surface area contributed by atoms with E-state index >= 15 is 0 Å². The van der Waals surface area contributed by atoms with Gasteiger partial charge in [-0.25, -0.2) is 4.79 Å². The largest absolute Gasteiger partial charge is 0.329 e. The molecule has 128 valence electrons. The van der Waals surface area contributed by atoms with E-state index in [1.807, 2.05) is 24.3 Å². The molecule has 25 heavy (non-hydrogen) atoms. The van der Waals surface area contributed by atoms with Gasteiger partial charge in [0.15, 0.2) is 0 Å². The Kier molecular flexibility index (Phi) is 5.21. The zero-order valence-corrected chi connectivity index (χ0v) is 15.8. The number of hydrogen-bond donors (Lipinski definition) is 0. The predicted molar refractivity (Wildman–Crippen MR) is 105 cm³/mol. The molecule has 0 fully saturated rings. The monoisotopic (exact) mass is 370 g/mol. The van der Waals surface area contributed by atoms with Crippen LogP contribution < -0.4 is 5.69 Å². The van der Waals surface area contributed by atoms with Gasteiger partial charge in [-0.05, 0) is 43.2 Å². The van der Waals surface area contributed by atoms with Crippen LogP contribution >= 0.6 is 23.8 Å². The van der Waals surface area contributed by atoms with Crippen molar-refractivity contribution in [3.63, 3.8) is 0 Å². The number of hydrogen-bond acceptors (Lipinski definition) is 2. The van der Waals surface area contributed by atoms with E-state index in [4.69, 9.17) is 23.8 Å². The molecule has 2 aromatic carbocycles. The zero-order valence-electron chi connectivity index (χ0n) is 14.2. The molecule has 0 aliphatic heterocycles. The van der Waals surface area contributed by atoms with Crippen LogP contribution in [0.15, 0.2) is 59.5 Å². The Bertz CT molecular complexity index is 999. The average molecular weight is 371 g/mol. The van der Waals surface area contributed by atoms with Crippen LogP contribution in [0.2, 0.25) is 5.02 Å². The maximum absolute atomic E-state index is 12.9. The van der Waals surface area contributed by atoms with Crippen molar-refractivity contribution in [1.29, 1.82) is 0 Å². The lowest BCUT2D eigenvalue weighted by atomic mass is 10.1. The maximum Gasteiger partial charge on any atom is 0.329 e. The quantitative estimate of drug-likeness (QED) is 0.620. The summed E-state index contributed by atoms with van der Waals surface area (Å²) in [7, 11) is 0. The lowest BCUT2D eigenvalue weighted by molar-refractivity contribution is 0.622. The molecule has 0 N–H and O–H groups in total. The lowest BCUT2D eigenvalue weighted by Crippen LogP contribution is -2.31. The third-order valence-corrected chi connectivity index (χ3v) is 4.64. The second-order valence-corrected chi connectivity index (χ2v) is 7.13. The van der Waals surface area contributed by atoms with Crippen LogP contribution in [-0.2, 0) is 13.1 Å². The van der Waals surface area contributed by atoms with Crippen LogP contribution in [-0.4, -0.2) is 9.13 Å². The summed E-state index contributed by atoms with van der Waals surface area (Å²) in [6.07, 6.45) is 1.75. The van der Waals surface area contributed by atoms with E-state index in [1.54, 1.807) is 21.4 Å². The van der Waals surface area contributed by atoms with Gasteiger partial charge in [0.1, 0.15) is 4.64 Å². The number of aromatic nitrogens is 2. The minimum atomic E-state index is -0.110. The summed E-state index contributed by atoms with van der Waals surface area (Å²) in [5.41, 5.74) is 4.34. The minimum absolute atomic E-state index is 0.110. The smallest absolute Gasteiger partial charge is 0.296 e. The zero-order chi connectivity index (χ0) is 18.0. The molecule has 0 aliphatic carbocycles. The first-order valence-corrected chi connectivity index (χ1v) is 8.83. The first-order valence-electron chi connectivity index (χ1n) is 8.04. The Labute approximate surface area is 157 Å². The molecule has 0 aliphatic rings. The summed E-state index contributed by atoms with van der Waals surface area (Å²) in [6.45, 7) is 5.07. The van der Waals surface area contributed by atoms with E-state index in [2.05, 4.69) is 32.0 Å². The Hall–Kier alpha value is -2.17. The highest BCUT2D eigenvalue weighted by Gasteiger charge is 2.06. The van der Waals surface area contributed by atoms with Gasteiger partial charge in [0.05, 0.1) is 13.1 Å². The summed E-state index contributed by atoms with van der Waals surface area (Å²) in [4.78, 5) is 12.9. The van der Waals surface area contributed by atoms with E-state index in [-0.39, 0.29) is 5.69 Å². The molecule has 1 aromatic heterocycles. The minimum Gasteiger partial charge on any atom is -0.296 e. The lowest BCUT2D eigenvalue weighted by Gasteiger charge is -2.12. The summed E-state index contributed by atoms with van der Waals surface area (Å²) in [5, 5.41) is 0.682. The van der Waals surface area contributed by atoms with Gasteiger partial charge >= 0.3 is 5.69 Å². The van der Waals surface area contributed by atoms with Crippen molar-refractivity contribution in [2.24, 2.45) is 0 Å². The molecule has 3 aromatic rings. The van der Waals surface area contributed by atoms with E-state index in [9.17, 15) is 4.79 Å². The fraction of sp³-hybridized carbons (Fsp3) is 0.200. The molecule has 1 heterocycles. The Morgan fingerprint density at radius 3 is 2.20 bits per heavy atom. The third kappa shape index (κ3) is 4.27. The van der Waals surface area contributed by atoms with Gasteiger partial charge in [0.2, 0.25) is 0 Å². The van der Waals surface area contributed by atoms with Crippen molar-refractivity contribution in [1.82, 2.24) is 9.13 Å². The Morgan fingerprint density at radius 2 is 1.56 bits per heavy atom. The first-order chi connectivity index (χ1) is 11.9. The first kappa shape index (κ1) is 17.6. The Balaban J connectivity index is 1.96. The van der Waals surface area contributed by atoms with Gasteiger partial charge in [-0.15, -0.1) is 0 Å². The van der Waals surface area contributed by atoms with Gasteiger partial charge in [-0.3, -0.25) is 9.13 Å². The van der Waals surface area contributed by atoms with Crippen LogP contribution in [0.1, 0.15) is 22.3 Å². The summed E-state index contributed by atoms with van der Waals surface area (Å²) < 4.78 is 3.85. The summed E-state index contributed by atoms with van der Waals surface area (Å²) in [5.74, 6) is 0. The van der Waals surface area contributed by atoms with Gasteiger partial charge in [-0.2, -0.15) is 0 Å². The molecule has 0 bridgehead atoms. The maximum atomic E-state index is 12.9. The fourth-order valence-electron chi connectivity index (χ4n) is 2.95. The fourth-order valence-corrected chi connectivity index (χ4v) is 3.28. The van der Waals surface area contributed by atoms with Crippen molar-refractivity contribution in [3.05, 3.63) is 97.1 Å². The highest BCUT2D eigenvalue weighted by Crippen LogP contribution is 2.12. The number of benzene rings is 2. The molecule has 5 heteroatoms. The van der Waals surface area contributed by atoms with Crippen molar-refractivity contribution in [3.8, 4) is 0 Å².